The summed E-state index contributed by atoms with van der Waals surface area (Å²) in [5, 5.41) is 2.93. The van der Waals surface area contributed by atoms with Crippen LogP contribution in [0.5, 0.6) is 5.75 Å². The molecule has 0 saturated carbocycles. The molecule has 1 N–H and O–H groups in total. The fraction of sp³-hybridized carbons (Fsp3) is 0.308. The second-order valence-electron chi connectivity index (χ2n) is 8.37. The van der Waals surface area contributed by atoms with E-state index in [4.69, 9.17) is 0 Å². The highest BCUT2D eigenvalue weighted by molar-refractivity contribution is 5.97. The number of nitrogens with one attached hydrogen (secondary N) is 1. The number of aryl methyl sites for hydroxylation is 1. The van der Waals surface area contributed by atoms with E-state index < -0.39 is 6.61 Å². The average molecular weight is 481 g/mol. The number of piperidine rings is 1. The summed E-state index contributed by atoms with van der Waals surface area (Å²) in [4.78, 5) is 36.3. The van der Waals surface area contributed by atoms with Crippen LogP contribution >= 0.6 is 0 Å². The number of hydrogen-bond acceptors (Lipinski definition) is 5. The van der Waals surface area contributed by atoms with Crippen LogP contribution in [0, 0.1) is 6.92 Å². The van der Waals surface area contributed by atoms with E-state index in [2.05, 4.69) is 20.0 Å². The number of amides is 2. The first-order valence-electron chi connectivity index (χ1n) is 11.4. The van der Waals surface area contributed by atoms with Crippen LogP contribution in [-0.4, -0.2) is 46.4 Å². The van der Waals surface area contributed by atoms with Crippen LogP contribution < -0.4 is 10.1 Å². The summed E-state index contributed by atoms with van der Waals surface area (Å²) in [7, 11) is 0. The van der Waals surface area contributed by atoms with Crippen LogP contribution in [0.3, 0.4) is 0 Å². The topological polar surface area (TPSA) is 84.4 Å². The number of carbonyl (C=O) groups is 2. The molecule has 182 valence electrons. The Morgan fingerprint density at radius 3 is 2.57 bits per heavy atom. The number of carbonyl (C=O) groups excluding carboxylic acids is 2. The fourth-order valence-corrected chi connectivity index (χ4v) is 4.23. The number of halogens is 2. The number of benzene rings is 1. The first kappa shape index (κ1) is 24.3. The SMILES string of the molecule is Cc1ccc(C(=O)NCc2cccnc2)c(C2CCN(C(=O)c3ccccc3OC(F)F)CC2)n1. The lowest BCUT2D eigenvalue weighted by Crippen LogP contribution is -2.38. The lowest BCUT2D eigenvalue weighted by Gasteiger charge is -2.32. The van der Waals surface area contributed by atoms with Gasteiger partial charge in [-0.2, -0.15) is 8.78 Å². The number of likely N-dealkylation sites (tertiary alicyclic amines) is 1. The van der Waals surface area contributed by atoms with Gasteiger partial charge in [-0.05, 0) is 55.7 Å². The zero-order valence-corrected chi connectivity index (χ0v) is 19.3. The number of ether oxygens (including phenoxy) is 1. The molecule has 1 aliphatic heterocycles. The second-order valence-corrected chi connectivity index (χ2v) is 8.37. The Morgan fingerprint density at radius 1 is 1.09 bits per heavy atom. The monoisotopic (exact) mass is 480 g/mol. The number of para-hydroxylation sites is 1. The maximum atomic E-state index is 13.0. The van der Waals surface area contributed by atoms with E-state index in [1.165, 1.54) is 12.1 Å². The Kier molecular flexibility index (Phi) is 7.64. The quantitative estimate of drug-likeness (QED) is 0.544. The molecule has 3 aromatic rings. The third-order valence-electron chi connectivity index (χ3n) is 5.99. The van der Waals surface area contributed by atoms with E-state index in [-0.39, 0.29) is 29.0 Å². The summed E-state index contributed by atoms with van der Waals surface area (Å²) >= 11 is 0. The summed E-state index contributed by atoms with van der Waals surface area (Å²) in [5.74, 6) is -0.715. The fourth-order valence-electron chi connectivity index (χ4n) is 4.23. The van der Waals surface area contributed by atoms with Gasteiger partial charge in [-0.15, -0.1) is 0 Å². The van der Waals surface area contributed by atoms with Crippen molar-refractivity contribution in [2.75, 3.05) is 13.1 Å². The van der Waals surface area contributed by atoms with Gasteiger partial charge in [0.1, 0.15) is 5.75 Å². The Balaban J connectivity index is 1.44. The molecule has 9 heteroatoms. The first-order chi connectivity index (χ1) is 16.9. The lowest BCUT2D eigenvalue weighted by atomic mass is 9.89. The van der Waals surface area contributed by atoms with Crippen LogP contribution in [0.2, 0.25) is 0 Å². The molecule has 7 nitrogen and oxygen atoms in total. The number of aromatic nitrogens is 2. The molecule has 0 aliphatic carbocycles. The molecule has 2 amide bonds. The number of alkyl halides is 2. The van der Waals surface area contributed by atoms with Gasteiger partial charge >= 0.3 is 6.61 Å². The zero-order chi connectivity index (χ0) is 24.8. The maximum Gasteiger partial charge on any atom is 0.387 e. The Morgan fingerprint density at radius 2 is 1.86 bits per heavy atom. The van der Waals surface area contributed by atoms with E-state index in [0.29, 0.717) is 43.7 Å². The van der Waals surface area contributed by atoms with Gasteiger partial charge in [-0.3, -0.25) is 19.6 Å². The summed E-state index contributed by atoms with van der Waals surface area (Å²) < 4.78 is 30.0. The summed E-state index contributed by atoms with van der Waals surface area (Å²) in [6.45, 7) is 0.0503. The maximum absolute atomic E-state index is 13.0. The number of pyridine rings is 2. The van der Waals surface area contributed by atoms with E-state index >= 15 is 0 Å². The molecule has 0 radical (unpaired) electrons. The highest BCUT2D eigenvalue weighted by atomic mass is 19.3. The van der Waals surface area contributed by atoms with Crippen molar-refractivity contribution in [2.45, 2.75) is 38.8 Å². The van der Waals surface area contributed by atoms with Crippen molar-refractivity contribution in [1.29, 1.82) is 0 Å². The Bertz CT molecular complexity index is 1180. The molecule has 1 saturated heterocycles. The molecule has 3 heterocycles. The van der Waals surface area contributed by atoms with E-state index in [1.807, 2.05) is 19.1 Å². The minimum Gasteiger partial charge on any atom is -0.434 e. The van der Waals surface area contributed by atoms with Crippen LogP contribution in [0.4, 0.5) is 8.78 Å². The first-order valence-corrected chi connectivity index (χ1v) is 11.4. The van der Waals surface area contributed by atoms with Crippen LogP contribution in [-0.2, 0) is 6.54 Å². The molecule has 4 rings (SSSR count). The van der Waals surface area contributed by atoms with Gasteiger partial charge in [0.05, 0.1) is 16.8 Å². The van der Waals surface area contributed by atoms with Crippen molar-refractivity contribution in [3.63, 3.8) is 0 Å². The number of hydrogen-bond donors (Lipinski definition) is 1. The smallest absolute Gasteiger partial charge is 0.387 e. The van der Waals surface area contributed by atoms with Crippen molar-refractivity contribution < 1.29 is 23.1 Å². The van der Waals surface area contributed by atoms with E-state index in [1.54, 1.807) is 41.6 Å². The van der Waals surface area contributed by atoms with Crippen molar-refractivity contribution in [3.05, 3.63) is 89.0 Å². The summed E-state index contributed by atoms with van der Waals surface area (Å²) in [6, 6.07) is 13.3. The molecule has 0 spiro atoms. The summed E-state index contributed by atoms with van der Waals surface area (Å²) in [6.07, 6.45) is 4.58. The highest BCUT2D eigenvalue weighted by Gasteiger charge is 2.29. The molecule has 1 aromatic carbocycles. The van der Waals surface area contributed by atoms with Gasteiger partial charge in [0.2, 0.25) is 0 Å². The molecule has 0 atom stereocenters. The normalized spacial score (nSPS) is 14.1. The van der Waals surface area contributed by atoms with Crippen molar-refractivity contribution >= 4 is 11.8 Å². The third-order valence-corrected chi connectivity index (χ3v) is 5.99. The average Bonchev–Trinajstić information content (AvgIpc) is 2.87. The molecular weight excluding hydrogens is 454 g/mol. The molecule has 1 aliphatic rings. The van der Waals surface area contributed by atoms with Crippen molar-refractivity contribution in [2.24, 2.45) is 0 Å². The van der Waals surface area contributed by atoms with Crippen molar-refractivity contribution in [3.8, 4) is 5.75 Å². The molecule has 35 heavy (non-hydrogen) atoms. The van der Waals surface area contributed by atoms with Gasteiger partial charge in [0, 0.05) is 43.6 Å². The minimum atomic E-state index is -3.01. The van der Waals surface area contributed by atoms with Crippen molar-refractivity contribution in [1.82, 2.24) is 20.2 Å². The van der Waals surface area contributed by atoms with E-state index in [0.717, 1.165) is 11.3 Å². The van der Waals surface area contributed by atoms with Gasteiger partial charge in [0.25, 0.3) is 11.8 Å². The summed E-state index contributed by atoms with van der Waals surface area (Å²) in [5.41, 5.74) is 3.03. The van der Waals surface area contributed by atoms with Crippen LogP contribution in [0.15, 0.2) is 60.9 Å². The Hall–Kier alpha value is -3.88. The third kappa shape index (κ3) is 5.98. The van der Waals surface area contributed by atoms with E-state index in [9.17, 15) is 18.4 Å². The number of nitrogens with zero attached hydrogens (tertiary/aromatic N) is 3. The molecular formula is C26H26F2N4O3. The molecule has 0 unspecified atom stereocenters. The van der Waals surface area contributed by atoms with Gasteiger partial charge < -0.3 is 15.0 Å². The molecule has 2 aromatic heterocycles. The molecule has 0 bridgehead atoms. The highest BCUT2D eigenvalue weighted by Crippen LogP contribution is 2.31. The lowest BCUT2D eigenvalue weighted by molar-refractivity contribution is -0.0503. The van der Waals surface area contributed by atoms with Gasteiger partial charge in [-0.25, -0.2) is 0 Å². The van der Waals surface area contributed by atoms with Gasteiger partial charge in [0.15, 0.2) is 0 Å². The largest absolute Gasteiger partial charge is 0.434 e. The predicted molar refractivity (Wildman–Crippen MR) is 125 cm³/mol. The minimum absolute atomic E-state index is 0.00866. The Labute approximate surface area is 202 Å². The van der Waals surface area contributed by atoms with Gasteiger partial charge in [-0.1, -0.05) is 18.2 Å². The predicted octanol–water partition coefficient (Wildman–Crippen LogP) is 4.34. The van der Waals surface area contributed by atoms with Crippen LogP contribution in [0.1, 0.15) is 56.4 Å². The second kappa shape index (κ2) is 11.0. The van der Waals surface area contributed by atoms with Crippen LogP contribution in [0.25, 0.3) is 0 Å². The number of rotatable bonds is 7. The zero-order valence-electron chi connectivity index (χ0n) is 19.3. The molecule has 1 fully saturated rings. The standard InChI is InChI=1S/C26H26F2N4O3/c1-17-8-9-21(24(33)30-16-18-5-4-12-29-15-18)23(31-17)19-10-13-32(14-11-19)25(34)20-6-2-3-7-22(20)35-26(27)28/h2-9,12,15,19,26H,10-11,13-14,16H2,1H3,(H,30,33).